The maximum atomic E-state index is 14.1. The Balaban J connectivity index is 2.23. The van der Waals surface area contributed by atoms with Crippen LogP contribution in [0.15, 0.2) is 18.2 Å². The highest BCUT2D eigenvalue weighted by atomic mass is 19.1. The number of rotatable bonds is 5. The number of hydrogen-bond acceptors (Lipinski definition) is 3. The van der Waals surface area contributed by atoms with Crippen LogP contribution in [0.5, 0.6) is 0 Å². The van der Waals surface area contributed by atoms with Crippen molar-refractivity contribution in [3.05, 3.63) is 29.6 Å². The minimum atomic E-state index is -0.663. The number of hydrogen-bond donors (Lipinski definition) is 2. The first-order valence-corrected chi connectivity index (χ1v) is 6.48. The zero-order chi connectivity index (χ0) is 13.1. The third-order valence-electron chi connectivity index (χ3n) is 3.62. The van der Waals surface area contributed by atoms with E-state index in [4.69, 9.17) is 5.11 Å². The highest BCUT2D eigenvalue weighted by Crippen LogP contribution is 2.31. The van der Waals surface area contributed by atoms with E-state index >= 15 is 0 Å². The second kappa shape index (κ2) is 5.67. The fraction of sp³-hybridized carbons (Fsp3) is 0.571. The van der Waals surface area contributed by atoms with E-state index in [9.17, 15) is 9.50 Å². The normalized spacial score (nSPS) is 17.3. The molecule has 0 bridgehead atoms. The fourth-order valence-electron chi connectivity index (χ4n) is 2.32. The van der Waals surface area contributed by atoms with Gasteiger partial charge in [-0.1, -0.05) is 6.07 Å². The van der Waals surface area contributed by atoms with E-state index in [1.165, 1.54) is 12.5 Å². The van der Waals surface area contributed by atoms with Gasteiger partial charge in [-0.25, -0.2) is 4.39 Å². The van der Waals surface area contributed by atoms with Crippen molar-refractivity contribution in [2.75, 3.05) is 18.1 Å². The Kier molecular flexibility index (Phi) is 4.19. The van der Waals surface area contributed by atoms with Gasteiger partial charge in [0, 0.05) is 12.6 Å². The molecular formula is C14H20FNO2. The van der Waals surface area contributed by atoms with Gasteiger partial charge in [0.05, 0.1) is 18.4 Å². The summed E-state index contributed by atoms with van der Waals surface area (Å²) in [7, 11) is 0. The summed E-state index contributed by atoms with van der Waals surface area (Å²) in [5.41, 5.74) is 1.10. The molecular weight excluding hydrogens is 233 g/mol. The van der Waals surface area contributed by atoms with E-state index in [0.29, 0.717) is 23.8 Å². The molecule has 4 heteroatoms. The van der Waals surface area contributed by atoms with Crippen LogP contribution in [0.3, 0.4) is 0 Å². The van der Waals surface area contributed by atoms with E-state index in [-0.39, 0.29) is 12.4 Å². The van der Waals surface area contributed by atoms with Crippen molar-refractivity contribution in [1.82, 2.24) is 0 Å². The van der Waals surface area contributed by atoms with Crippen LogP contribution in [-0.2, 0) is 0 Å². The Labute approximate surface area is 107 Å². The van der Waals surface area contributed by atoms with Gasteiger partial charge in [-0.15, -0.1) is 0 Å². The second-order valence-corrected chi connectivity index (χ2v) is 4.89. The van der Waals surface area contributed by atoms with E-state index in [1.54, 1.807) is 19.1 Å². The predicted octanol–water partition coefficient (Wildman–Crippen LogP) is 2.23. The SMILES string of the molecule is CC(O)c1ccc(N(CCO)C2CCC2)c(F)c1. The zero-order valence-electron chi connectivity index (χ0n) is 10.6. The van der Waals surface area contributed by atoms with Crippen molar-refractivity contribution in [3.8, 4) is 0 Å². The fourth-order valence-corrected chi connectivity index (χ4v) is 2.32. The molecule has 1 saturated carbocycles. The Hall–Kier alpha value is -1.13. The standard InChI is InChI=1S/C14H20FNO2/c1-10(18)11-5-6-14(13(15)9-11)16(7-8-17)12-3-2-4-12/h5-6,9-10,12,17-18H,2-4,7-8H2,1H3. The molecule has 0 aromatic heterocycles. The maximum Gasteiger partial charge on any atom is 0.146 e. The van der Waals surface area contributed by atoms with Gasteiger partial charge in [-0.2, -0.15) is 0 Å². The Morgan fingerprint density at radius 1 is 1.44 bits per heavy atom. The number of aliphatic hydroxyl groups excluding tert-OH is 2. The van der Waals surface area contributed by atoms with E-state index in [2.05, 4.69) is 0 Å². The van der Waals surface area contributed by atoms with Crippen molar-refractivity contribution >= 4 is 5.69 Å². The lowest BCUT2D eigenvalue weighted by Crippen LogP contribution is -2.42. The van der Waals surface area contributed by atoms with Crippen LogP contribution < -0.4 is 4.90 Å². The molecule has 0 saturated heterocycles. The largest absolute Gasteiger partial charge is 0.395 e. The van der Waals surface area contributed by atoms with Crippen LogP contribution in [-0.4, -0.2) is 29.4 Å². The van der Waals surface area contributed by atoms with Gasteiger partial charge >= 0.3 is 0 Å². The van der Waals surface area contributed by atoms with Crippen LogP contribution in [0.1, 0.15) is 37.9 Å². The molecule has 1 aliphatic carbocycles. The number of benzene rings is 1. The van der Waals surface area contributed by atoms with E-state index < -0.39 is 6.10 Å². The van der Waals surface area contributed by atoms with Crippen LogP contribution in [0.25, 0.3) is 0 Å². The lowest BCUT2D eigenvalue weighted by molar-refractivity contribution is 0.199. The lowest BCUT2D eigenvalue weighted by atomic mass is 9.91. The third-order valence-corrected chi connectivity index (χ3v) is 3.62. The first-order chi connectivity index (χ1) is 8.63. The molecule has 1 atom stereocenters. The number of anilines is 1. The van der Waals surface area contributed by atoms with Crippen LogP contribution in [0.2, 0.25) is 0 Å². The molecule has 1 aliphatic rings. The topological polar surface area (TPSA) is 43.7 Å². The monoisotopic (exact) mass is 253 g/mol. The molecule has 0 aliphatic heterocycles. The molecule has 1 aromatic carbocycles. The van der Waals surface area contributed by atoms with Crippen molar-refractivity contribution in [1.29, 1.82) is 0 Å². The minimum absolute atomic E-state index is 0.0219. The quantitative estimate of drug-likeness (QED) is 0.845. The summed E-state index contributed by atoms with van der Waals surface area (Å²) in [6.45, 7) is 2.09. The Bertz CT molecular complexity index is 405. The van der Waals surface area contributed by atoms with Crippen LogP contribution in [0, 0.1) is 5.82 Å². The van der Waals surface area contributed by atoms with Gasteiger partial charge in [-0.05, 0) is 43.9 Å². The molecule has 1 unspecified atom stereocenters. The molecule has 0 radical (unpaired) electrons. The predicted molar refractivity (Wildman–Crippen MR) is 69.1 cm³/mol. The molecule has 0 heterocycles. The minimum Gasteiger partial charge on any atom is -0.395 e. The Morgan fingerprint density at radius 2 is 2.17 bits per heavy atom. The van der Waals surface area contributed by atoms with Gasteiger partial charge < -0.3 is 15.1 Å². The summed E-state index contributed by atoms with van der Waals surface area (Å²) < 4.78 is 14.1. The van der Waals surface area contributed by atoms with Crippen molar-refractivity contribution in [2.24, 2.45) is 0 Å². The third kappa shape index (κ3) is 2.65. The van der Waals surface area contributed by atoms with Crippen molar-refractivity contribution < 1.29 is 14.6 Å². The van der Waals surface area contributed by atoms with E-state index in [0.717, 1.165) is 12.8 Å². The van der Waals surface area contributed by atoms with Gasteiger partial charge in [0.2, 0.25) is 0 Å². The van der Waals surface area contributed by atoms with Crippen molar-refractivity contribution in [2.45, 2.75) is 38.3 Å². The molecule has 18 heavy (non-hydrogen) atoms. The van der Waals surface area contributed by atoms with Crippen LogP contribution in [0.4, 0.5) is 10.1 Å². The van der Waals surface area contributed by atoms with Gasteiger partial charge in [-0.3, -0.25) is 0 Å². The summed E-state index contributed by atoms with van der Waals surface area (Å²) in [4.78, 5) is 1.94. The zero-order valence-corrected chi connectivity index (χ0v) is 10.6. The molecule has 1 aromatic rings. The highest BCUT2D eigenvalue weighted by molar-refractivity contribution is 5.50. The summed E-state index contributed by atoms with van der Waals surface area (Å²) in [5, 5.41) is 18.5. The number of nitrogens with zero attached hydrogens (tertiary/aromatic N) is 1. The van der Waals surface area contributed by atoms with Crippen LogP contribution >= 0.6 is 0 Å². The van der Waals surface area contributed by atoms with Gasteiger partial charge in [0.1, 0.15) is 5.82 Å². The average molecular weight is 253 g/mol. The maximum absolute atomic E-state index is 14.1. The van der Waals surface area contributed by atoms with Gasteiger partial charge in [0.15, 0.2) is 0 Å². The molecule has 0 spiro atoms. The molecule has 1 fully saturated rings. The molecule has 100 valence electrons. The molecule has 0 amide bonds. The lowest BCUT2D eigenvalue weighted by Gasteiger charge is -2.39. The number of aliphatic hydroxyl groups is 2. The second-order valence-electron chi connectivity index (χ2n) is 4.89. The average Bonchev–Trinajstić information content (AvgIpc) is 2.26. The summed E-state index contributed by atoms with van der Waals surface area (Å²) >= 11 is 0. The summed E-state index contributed by atoms with van der Waals surface area (Å²) in [6.07, 6.45) is 2.61. The first kappa shape index (κ1) is 13.3. The molecule has 3 nitrogen and oxygen atoms in total. The summed E-state index contributed by atoms with van der Waals surface area (Å²) in [6, 6.07) is 5.16. The first-order valence-electron chi connectivity index (χ1n) is 6.48. The number of halogens is 1. The Morgan fingerprint density at radius 3 is 2.61 bits per heavy atom. The molecule has 2 rings (SSSR count). The summed E-state index contributed by atoms with van der Waals surface area (Å²) in [5.74, 6) is -0.325. The van der Waals surface area contributed by atoms with Crippen molar-refractivity contribution in [3.63, 3.8) is 0 Å². The van der Waals surface area contributed by atoms with Gasteiger partial charge in [0.25, 0.3) is 0 Å². The van der Waals surface area contributed by atoms with E-state index in [1.807, 2.05) is 4.90 Å². The highest BCUT2D eigenvalue weighted by Gasteiger charge is 2.26. The smallest absolute Gasteiger partial charge is 0.146 e. The molecule has 2 N–H and O–H groups in total.